The minimum absolute atomic E-state index is 0.0131. The molecule has 0 aliphatic rings. The number of benzene rings is 2. The van der Waals surface area contributed by atoms with Crippen molar-refractivity contribution < 1.29 is 29.0 Å². The van der Waals surface area contributed by atoms with Crippen molar-refractivity contribution in [3.8, 4) is 5.75 Å². The van der Waals surface area contributed by atoms with Crippen molar-refractivity contribution in [3.05, 3.63) is 52.1 Å². The van der Waals surface area contributed by atoms with Gasteiger partial charge in [0, 0.05) is 17.4 Å². The molecule has 162 valence electrons. The Labute approximate surface area is 182 Å². The van der Waals surface area contributed by atoms with E-state index in [1.165, 1.54) is 21.6 Å². The number of methoxy groups -OCH3 is 1. The van der Waals surface area contributed by atoms with Crippen molar-refractivity contribution in [2.75, 3.05) is 31.8 Å². The van der Waals surface area contributed by atoms with Gasteiger partial charge < -0.3 is 14.3 Å². The Hall–Kier alpha value is -2.46. The third-order valence-electron chi connectivity index (χ3n) is 4.25. The van der Waals surface area contributed by atoms with Gasteiger partial charge in [0.25, 0.3) is 5.09 Å². The summed E-state index contributed by atoms with van der Waals surface area (Å²) in [6.07, 6.45) is -0.281. The quantitative estimate of drug-likeness (QED) is 0.111. The summed E-state index contributed by atoms with van der Waals surface area (Å²) in [6.45, 7) is 1.96. The highest BCUT2D eigenvalue weighted by Gasteiger charge is 2.19. The number of esters is 1. The minimum atomic E-state index is -0.833. The summed E-state index contributed by atoms with van der Waals surface area (Å²) in [7, 11) is 4.42. The molecule has 0 aromatic heterocycles. The number of ketones is 1. The first kappa shape index (κ1) is 23.8. The number of carbonyl (C=O) groups is 2. The molecule has 1 atom stereocenters. The molecule has 0 heterocycles. The molecular formula is C20H23NO7S2. The number of nitrogens with zero attached hydrogens (tertiary/aromatic N) is 1. The SMILES string of the molecule is COc1ccc2cc(C(C)C(=O)CC(=O)OCCSSCCO[N+](=O)[O-])ccc2c1. The van der Waals surface area contributed by atoms with E-state index >= 15 is 0 Å². The molecular weight excluding hydrogens is 430 g/mol. The predicted octanol–water partition coefficient (Wildman–Crippen LogP) is 4.04. The van der Waals surface area contributed by atoms with Crippen LogP contribution in [0.15, 0.2) is 36.4 Å². The fourth-order valence-electron chi connectivity index (χ4n) is 2.62. The van der Waals surface area contributed by atoms with Gasteiger partial charge in [-0.1, -0.05) is 52.8 Å². The molecule has 0 aliphatic heterocycles. The van der Waals surface area contributed by atoms with Crippen LogP contribution in [0.25, 0.3) is 10.8 Å². The molecule has 0 bridgehead atoms. The van der Waals surface area contributed by atoms with Gasteiger partial charge in [0.15, 0.2) is 5.78 Å². The number of carbonyl (C=O) groups excluding carboxylic acids is 2. The van der Waals surface area contributed by atoms with E-state index in [0.717, 1.165) is 22.1 Å². The maximum absolute atomic E-state index is 12.5. The zero-order valence-corrected chi connectivity index (χ0v) is 18.3. The highest BCUT2D eigenvalue weighted by molar-refractivity contribution is 8.76. The van der Waals surface area contributed by atoms with E-state index < -0.39 is 17.0 Å². The second-order valence-electron chi connectivity index (χ2n) is 6.26. The van der Waals surface area contributed by atoms with Crippen LogP contribution in [0.5, 0.6) is 5.75 Å². The first-order valence-electron chi connectivity index (χ1n) is 9.18. The molecule has 0 aliphatic carbocycles. The standard InChI is InChI=1S/C20H23NO7S2/c1-14(15-3-4-17-12-18(26-2)6-5-16(17)11-15)19(22)13-20(23)27-7-9-29-30-10-8-28-21(24)25/h3-6,11-12,14H,7-10,13H2,1-2H3. The molecule has 1 unspecified atom stereocenters. The first-order chi connectivity index (χ1) is 14.4. The molecule has 0 saturated carbocycles. The first-order valence-corrected chi connectivity index (χ1v) is 11.7. The van der Waals surface area contributed by atoms with Crippen molar-refractivity contribution in [1.29, 1.82) is 0 Å². The highest BCUT2D eigenvalue weighted by atomic mass is 33.1. The number of fused-ring (bicyclic) bond motifs is 1. The van der Waals surface area contributed by atoms with E-state index in [-0.39, 0.29) is 25.4 Å². The number of hydrogen-bond acceptors (Lipinski definition) is 9. The van der Waals surface area contributed by atoms with Crippen LogP contribution >= 0.6 is 21.6 Å². The van der Waals surface area contributed by atoms with Crippen molar-refractivity contribution in [3.63, 3.8) is 0 Å². The van der Waals surface area contributed by atoms with Gasteiger partial charge in [-0.05, 0) is 28.5 Å². The predicted molar refractivity (Wildman–Crippen MR) is 117 cm³/mol. The van der Waals surface area contributed by atoms with E-state index in [4.69, 9.17) is 9.47 Å². The van der Waals surface area contributed by atoms with Crippen molar-refractivity contribution in [2.24, 2.45) is 0 Å². The van der Waals surface area contributed by atoms with Crippen LogP contribution in [0.1, 0.15) is 24.8 Å². The average Bonchev–Trinajstić information content (AvgIpc) is 2.73. The fourth-order valence-corrected chi connectivity index (χ4v) is 4.27. The minimum Gasteiger partial charge on any atom is -0.497 e. The smallest absolute Gasteiger partial charge is 0.313 e. The number of Topliss-reactive ketones (excluding diaryl/α,β-unsaturated/α-hetero) is 1. The zero-order valence-electron chi connectivity index (χ0n) is 16.7. The molecule has 8 nitrogen and oxygen atoms in total. The Morgan fingerprint density at radius 1 is 1.07 bits per heavy atom. The second-order valence-corrected chi connectivity index (χ2v) is 8.96. The van der Waals surface area contributed by atoms with E-state index in [0.29, 0.717) is 11.5 Å². The van der Waals surface area contributed by atoms with Crippen molar-refractivity contribution in [1.82, 2.24) is 0 Å². The summed E-state index contributed by atoms with van der Waals surface area (Å²) >= 11 is 0. The highest BCUT2D eigenvalue weighted by Crippen LogP contribution is 2.26. The van der Waals surface area contributed by atoms with Crippen LogP contribution in [-0.4, -0.2) is 48.7 Å². The Morgan fingerprint density at radius 3 is 2.43 bits per heavy atom. The lowest BCUT2D eigenvalue weighted by Gasteiger charge is -2.12. The maximum Gasteiger partial charge on any atom is 0.313 e. The van der Waals surface area contributed by atoms with E-state index in [9.17, 15) is 19.7 Å². The van der Waals surface area contributed by atoms with E-state index in [2.05, 4.69) is 4.84 Å². The lowest BCUT2D eigenvalue weighted by Crippen LogP contribution is -2.17. The van der Waals surface area contributed by atoms with Crippen LogP contribution in [0.3, 0.4) is 0 Å². The molecule has 30 heavy (non-hydrogen) atoms. The maximum atomic E-state index is 12.5. The molecule has 2 aromatic rings. The summed E-state index contributed by atoms with van der Waals surface area (Å²) in [5, 5.41) is 11.2. The van der Waals surface area contributed by atoms with Crippen LogP contribution in [-0.2, 0) is 19.2 Å². The lowest BCUT2D eigenvalue weighted by molar-refractivity contribution is -0.756. The van der Waals surface area contributed by atoms with Gasteiger partial charge in [0.05, 0.1) is 7.11 Å². The van der Waals surface area contributed by atoms with Crippen LogP contribution < -0.4 is 4.74 Å². The number of ether oxygens (including phenoxy) is 2. The molecule has 0 radical (unpaired) electrons. The van der Waals surface area contributed by atoms with Crippen molar-refractivity contribution in [2.45, 2.75) is 19.3 Å². The normalized spacial score (nSPS) is 11.7. The summed E-state index contributed by atoms with van der Waals surface area (Å²) in [6, 6.07) is 11.5. The molecule has 0 amide bonds. The summed E-state index contributed by atoms with van der Waals surface area (Å²) in [4.78, 5) is 38.5. The number of rotatable bonds is 13. The van der Waals surface area contributed by atoms with Crippen LogP contribution in [0.2, 0.25) is 0 Å². The Kier molecular flexibility index (Phi) is 9.75. The molecule has 2 rings (SSSR count). The second kappa shape index (κ2) is 12.3. The molecule has 0 N–H and O–H groups in total. The topological polar surface area (TPSA) is 105 Å². The van der Waals surface area contributed by atoms with Gasteiger partial charge in [-0.3, -0.25) is 9.59 Å². The van der Waals surface area contributed by atoms with Crippen LogP contribution in [0.4, 0.5) is 0 Å². The van der Waals surface area contributed by atoms with Gasteiger partial charge in [0.2, 0.25) is 0 Å². The van der Waals surface area contributed by atoms with Gasteiger partial charge in [-0.2, -0.15) is 0 Å². The summed E-state index contributed by atoms with van der Waals surface area (Å²) in [5.74, 6) is 0.562. The fraction of sp³-hybridized carbons (Fsp3) is 0.400. The Balaban J connectivity index is 1.73. The van der Waals surface area contributed by atoms with E-state index in [1.807, 2.05) is 36.4 Å². The van der Waals surface area contributed by atoms with Gasteiger partial charge in [-0.15, -0.1) is 10.1 Å². The average molecular weight is 454 g/mol. The van der Waals surface area contributed by atoms with Crippen molar-refractivity contribution >= 4 is 44.1 Å². The molecule has 0 fully saturated rings. The van der Waals surface area contributed by atoms with Gasteiger partial charge >= 0.3 is 5.97 Å². The lowest BCUT2D eigenvalue weighted by atomic mass is 9.93. The molecule has 0 spiro atoms. The summed E-state index contributed by atoms with van der Waals surface area (Å²) in [5.41, 5.74) is 0.842. The zero-order chi connectivity index (χ0) is 21.9. The van der Waals surface area contributed by atoms with Crippen LogP contribution in [0, 0.1) is 10.1 Å². The third-order valence-corrected chi connectivity index (χ3v) is 6.58. The Bertz CT molecular complexity index is 891. The summed E-state index contributed by atoms with van der Waals surface area (Å²) < 4.78 is 10.3. The largest absolute Gasteiger partial charge is 0.497 e. The number of hydrogen-bond donors (Lipinski definition) is 0. The molecule has 10 heteroatoms. The van der Waals surface area contributed by atoms with Gasteiger partial charge in [0.1, 0.15) is 25.4 Å². The molecule has 0 saturated heterocycles. The monoisotopic (exact) mass is 453 g/mol. The van der Waals surface area contributed by atoms with E-state index in [1.54, 1.807) is 14.0 Å². The van der Waals surface area contributed by atoms with Gasteiger partial charge in [-0.25, -0.2) is 0 Å². The third kappa shape index (κ3) is 7.75. The molecule has 2 aromatic carbocycles. The Morgan fingerprint density at radius 2 is 1.73 bits per heavy atom.